The van der Waals surface area contributed by atoms with Gasteiger partial charge in [0, 0.05) is 34.4 Å². The number of dihydropyridines is 1. The molecule has 6 aromatic carbocycles. The second kappa shape index (κ2) is 16.7. The average molecular weight is 790 g/mol. The summed E-state index contributed by atoms with van der Waals surface area (Å²) in [5, 5.41) is 6.20. The van der Waals surface area contributed by atoms with E-state index >= 15 is 0 Å². The Morgan fingerprint density at radius 1 is 0.607 bits per heavy atom. The van der Waals surface area contributed by atoms with Gasteiger partial charge in [0.05, 0.1) is 11.7 Å². The first-order valence-corrected chi connectivity index (χ1v) is 21.3. The minimum atomic E-state index is 0.162. The van der Waals surface area contributed by atoms with Gasteiger partial charge in [0.25, 0.3) is 0 Å². The van der Waals surface area contributed by atoms with Crippen molar-refractivity contribution in [1.29, 1.82) is 0 Å². The Morgan fingerprint density at radius 3 is 2.00 bits per heavy atom. The number of nitrogens with one attached hydrogen (secondary N) is 1. The minimum Gasteiger partial charge on any atom is -0.456 e. The molecule has 0 fully saturated rings. The van der Waals surface area contributed by atoms with Crippen LogP contribution in [0.3, 0.4) is 0 Å². The lowest BCUT2D eigenvalue weighted by molar-refractivity contribution is 0.513. The zero-order valence-corrected chi connectivity index (χ0v) is 34.2. The number of rotatable bonds is 7. The largest absolute Gasteiger partial charge is 0.456 e. The third-order valence-electron chi connectivity index (χ3n) is 12.3. The van der Waals surface area contributed by atoms with Gasteiger partial charge in [-0.25, -0.2) is 0 Å². The number of para-hydroxylation sites is 1. The molecule has 4 heteroatoms. The fourth-order valence-electron chi connectivity index (χ4n) is 9.12. The summed E-state index contributed by atoms with van der Waals surface area (Å²) in [6.07, 6.45) is 22.1. The van der Waals surface area contributed by atoms with Crippen molar-refractivity contribution in [3.63, 3.8) is 0 Å². The molecule has 2 heterocycles. The molecule has 0 amide bonds. The van der Waals surface area contributed by atoms with Crippen LogP contribution in [-0.4, -0.2) is 12.3 Å². The molecular formula is C57H47N3O. The van der Waals surface area contributed by atoms with Gasteiger partial charge in [0.2, 0.25) is 0 Å². The fraction of sp³-hybridized carbons (Fsp3) is 0.105. The van der Waals surface area contributed by atoms with Gasteiger partial charge in [-0.3, -0.25) is 4.99 Å². The number of benzene rings is 6. The molecule has 0 spiro atoms. The highest BCUT2D eigenvalue weighted by Crippen LogP contribution is 2.41. The van der Waals surface area contributed by atoms with Crippen LogP contribution in [0.15, 0.2) is 228 Å². The van der Waals surface area contributed by atoms with Crippen LogP contribution in [0.25, 0.3) is 44.5 Å². The summed E-state index contributed by atoms with van der Waals surface area (Å²) in [6.45, 7) is 8.60. The second-order valence-corrected chi connectivity index (χ2v) is 15.9. The lowest BCUT2D eigenvalue weighted by atomic mass is 9.82. The molecule has 61 heavy (non-hydrogen) atoms. The molecule has 6 aromatic rings. The van der Waals surface area contributed by atoms with Gasteiger partial charge in [0.15, 0.2) is 0 Å². The highest BCUT2D eigenvalue weighted by atomic mass is 16.5. The molecule has 0 radical (unpaired) electrons. The number of hydrogen-bond donors (Lipinski definition) is 1. The summed E-state index contributed by atoms with van der Waals surface area (Å²) in [5.74, 6) is 1.47. The minimum absolute atomic E-state index is 0.162. The molecule has 2 aliphatic carbocycles. The molecule has 10 rings (SSSR count). The van der Waals surface area contributed by atoms with E-state index in [-0.39, 0.29) is 6.04 Å². The Hall–Kier alpha value is -7.43. The molecule has 0 saturated carbocycles. The van der Waals surface area contributed by atoms with Crippen LogP contribution in [0.5, 0.6) is 5.75 Å². The lowest BCUT2D eigenvalue weighted by Crippen LogP contribution is -2.33. The predicted molar refractivity (Wildman–Crippen MR) is 257 cm³/mol. The Balaban J connectivity index is 1.01. The number of hydrogen-bond acceptors (Lipinski definition) is 4. The van der Waals surface area contributed by atoms with Crippen LogP contribution >= 0.6 is 0 Å². The quantitative estimate of drug-likeness (QED) is 0.164. The molecular weight excluding hydrogens is 743 g/mol. The van der Waals surface area contributed by atoms with Crippen molar-refractivity contribution in [3.05, 3.63) is 234 Å². The molecule has 2 aliphatic heterocycles. The maximum Gasteiger partial charge on any atom is 0.136 e. The van der Waals surface area contributed by atoms with Crippen molar-refractivity contribution in [1.82, 2.24) is 5.32 Å². The van der Waals surface area contributed by atoms with Crippen LogP contribution in [0, 0.1) is 0 Å². The first-order chi connectivity index (χ1) is 30.1. The number of nitrogens with zero attached hydrogens (tertiary/aromatic N) is 2. The molecule has 1 unspecified atom stereocenters. The third-order valence-corrected chi connectivity index (χ3v) is 12.3. The van der Waals surface area contributed by atoms with Crippen LogP contribution in [0.4, 0.5) is 11.4 Å². The summed E-state index contributed by atoms with van der Waals surface area (Å²) < 4.78 is 6.49. The van der Waals surface area contributed by atoms with Crippen molar-refractivity contribution < 1.29 is 4.74 Å². The van der Waals surface area contributed by atoms with Crippen molar-refractivity contribution in [2.24, 2.45) is 4.99 Å². The van der Waals surface area contributed by atoms with Gasteiger partial charge in [0.1, 0.15) is 11.5 Å². The Bertz CT molecular complexity index is 2900. The smallest absolute Gasteiger partial charge is 0.136 e. The maximum absolute atomic E-state index is 6.49. The van der Waals surface area contributed by atoms with Gasteiger partial charge < -0.3 is 15.0 Å². The SMILES string of the molecule is C=C1CC/C=C\CC2=C1C=CNC2C1=CC=C(N(c2ccc(/C3=C/C=NC(=C)c4ccccc4O3)cc2)c2ccc(-c3ccc(-c4ccccc4)c4ccccc34)cc2)CC1. The number of ether oxygens (including phenoxy) is 1. The topological polar surface area (TPSA) is 36.9 Å². The van der Waals surface area contributed by atoms with Gasteiger partial charge in [-0.05, 0) is 160 Å². The lowest BCUT2D eigenvalue weighted by Gasteiger charge is -2.34. The van der Waals surface area contributed by atoms with E-state index < -0.39 is 0 Å². The fourth-order valence-corrected chi connectivity index (χ4v) is 9.12. The molecule has 0 bridgehead atoms. The Labute approximate surface area is 359 Å². The molecule has 1 N–H and O–H groups in total. The van der Waals surface area contributed by atoms with Crippen LogP contribution in [0.1, 0.15) is 43.2 Å². The Kier molecular flexibility index (Phi) is 10.3. The molecule has 0 saturated heterocycles. The van der Waals surface area contributed by atoms with E-state index in [9.17, 15) is 0 Å². The van der Waals surface area contributed by atoms with Crippen LogP contribution in [0.2, 0.25) is 0 Å². The van der Waals surface area contributed by atoms with Gasteiger partial charge in [-0.15, -0.1) is 0 Å². The monoisotopic (exact) mass is 789 g/mol. The molecule has 4 aliphatic rings. The van der Waals surface area contributed by atoms with Gasteiger partial charge >= 0.3 is 0 Å². The molecule has 1 atom stereocenters. The summed E-state index contributed by atoms with van der Waals surface area (Å²) in [5.41, 5.74) is 16.2. The normalized spacial score (nSPS) is 18.8. The van der Waals surface area contributed by atoms with E-state index in [4.69, 9.17) is 4.74 Å². The van der Waals surface area contributed by atoms with E-state index in [0.717, 1.165) is 66.1 Å². The number of aliphatic imine (C=N–C) groups is 1. The van der Waals surface area contributed by atoms with E-state index in [1.54, 1.807) is 6.21 Å². The molecule has 4 nitrogen and oxygen atoms in total. The standard InChI is InChI=1S/C57H47N3O/c1-39-13-5-3-8-19-54-48(39)35-37-59-57(54)44-25-31-47(32-26-44)60(46-29-23-43(24-30-46)55-36-38-58-40(2)49-16-11-12-20-56(49)61-55)45-27-21-42(22-28-45)51-34-33-50(41-14-6-4-7-15-41)52-17-9-10-18-53(51)52/h3-4,6-12,14-18,20-25,27-31,33-38,57,59H,1-2,5,13,19,26,32H2/b8-3-,55-36-,58-38?. The van der Waals surface area contributed by atoms with Crippen LogP contribution < -0.4 is 15.0 Å². The van der Waals surface area contributed by atoms with E-state index in [1.807, 2.05) is 30.3 Å². The molecule has 296 valence electrons. The zero-order valence-electron chi connectivity index (χ0n) is 34.2. The average Bonchev–Trinajstić information content (AvgIpc) is 3.30. The van der Waals surface area contributed by atoms with E-state index in [0.29, 0.717) is 5.70 Å². The predicted octanol–water partition coefficient (Wildman–Crippen LogP) is 14.5. The number of fused-ring (bicyclic) bond motifs is 2. The van der Waals surface area contributed by atoms with Crippen molar-refractivity contribution in [2.75, 3.05) is 4.90 Å². The number of allylic oxidation sites excluding steroid dienone is 9. The zero-order chi connectivity index (χ0) is 41.1. The summed E-state index contributed by atoms with van der Waals surface area (Å²) in [6, 6.07) is 49.8. The summed E-state index contributed by atoms with van der Waals surface area (Å²) in [7, 11) is 0. The van der Waals surface area contributed by atoms with E-state index in [1.165, 1.54) is 61.0 Å². The maximum atomic E-state index is 6.49. The second-order valence-electron chi connectivity index (χ2n) is 15.9. The Morgan fingerprint density at radius 2 is 1.28 bits per heavy atom. The highest BCUT2D eigenvalue weighted by Gasteiger charge is 2.27. The number of anilines is 2. The first kappa shape index (κ1) is 37.8. The van der Waals surface area contributed by atoms with E-state index in [2.05, 4.69) is 180 Å². The first-order valence-electron chi connectivity index (χ1n) is 21.3. The summed E-state index contributed by atoms with van der Waals surface area (Å²) in [4.78, 5) is 6.98. The summed E-state index contributed by atoms with van der Waals surface area (Å²) >= 11 is 0. The van der Waals surface area contributed by atoms with Crippen molar-refractivity contribution in [3.8, 4) is 28.0 Å². The van der Waals surface area contributed by atoms with Gasteiger partial charge in [-0.2, -0.15) is 0 Å². The van der Waals surface area contributed by atoms with Gasteiger partial charge in [-0.1, -0.05) is 122 Å². The molecule has 0 aromatic heterocycles. The third kappa shape index (κ3) is 7.54. The van der Waals surface area contributed by atoms with Crippen molar-refractivity contribution >= 4 is 39.8 Å². The van der Waals surface area contributed by atoms with Crippen molar-refractivity contribution in [2.45, 2.75) is 38.1 Å². The highest BCUT2D eigenvalue weighted by molar-refractivity contribution is 6.05. The van der Waals surface area contributed by atoms with Crippen LogP contribution in [-0.2, 0) is 0 Å².